The van der Waals surface area contributed by atoms with Gasteiger partial charge in [-0.25, -0.2) is 4.79 Å². The second kappa shape index (κ2) is 5.12. The van der Waals surface area contributed by atoms with Crippen LogP contribution in [0.2, 0.25) is 0 Å². The maximum Gasteiger partial charge on any atom is 0.334 e. The van der Waals surface area contributed by atoms with Gasteiger partial charge in [0.05, 0.1) is 7.11 Å². The van der Waals surface area contributed by atoms with E-state index in [4.69, 9.17) is 11.6 Å². The molecular weight excluding hydrogens is 228 g/mol. The Labute approximate surface area is 99.4 Å². The van der Waals surface area contributed by atoms with Gasteiger partial charge in [-0.1, -0.05) is 41.9 Å². The summed E-state index contributed by atoms with van der Waals surface area (Å²) in [4.78, 5) is 21.3. The van der Waals surface area contributed by atoms with Crippen molar-refractivity contribution in [1.82, 2.24) is 0 Å². The quantitative estimate of drug-likeness (QED) is 0.459. The third-order valence-corrected chi connectivity index (χ3v) is 2.91. The summed E-state index contributed by atoms with van der Waals surface area (Å²) in [5.41, 5.74) is 0.818. The third-order valence-electron chi connectivity index (χ3n) is 2.36. The van der Waals surface area contributed by atoms with Crippen molar-refractivity contribution in [1.29, 1.82) is 0 Å². The molecule has 0 amide bonds. The molecule has 0 saturated heterocycles. The van der Waals surface area contributed by atoms with Crippen molar-refractivity contribution in [3.05, 3.63) is 35.9 Å². The highest BCUT2D eigenvalue weighted by atomic mass is 35.5. The highest BCUT2D eigenvalue weighted by Gasteiger charge is 2.42. The molecule has 0 aromatic heterocycles. The lowest BCUT2D eigenvalue weighted by Crippen LogP contribution is -2.42. The van der Waals surface area contributed by atoms with Gasteiger partial charge in [0.2, 0.25) is 4.87 Å². The molecule has 1 atom stereocenters. The Kier molecular flexibility index (Phi) is 4.07. The van der Waals surface area contributed by atoms with E-state index in [-0.39, 0.29) is 6.42 Å². The van der Waals surface area contributed by atoms with Crippen molar-refractivity contribution >= 4 is 23.4 Å². The Morgan fingerprint density at radius 2 is 1.88 bits per heavy atom. The first-order valence-electron chi connectivity index (χ1n) is 4.83. The van der Waals surface area contributed by atoms with E-state index in [1.165, 1.54) is 14.0 Å². The first kappa shape index (κ1) is 12.7. The Bertz CT molecular complexity index is 389. The van der Waals surface area contributed by atoms with Gasteiger partial charge >= 0.3 is 5.97 Å². The zero-order valence-corrected chi connectivity index (χ0v) is 9.95. The normalized spacial score (nSPS) is 13.9. The molecule has 0 fully saturated rings. The predicted octanol–water partition coefficient (Wildman–Crippen LogP) is 1.97. The largest absolute Gasteiger partial charge is 0.467 e. The fourth-order valence-corrected chi connectivity index (χ4v) is 1.61. The van der Waals surface area contributed by atoms with Crippen molar-refractivity contribution in [2.24, 2.45) is 0 Å². The fourth-order valence-electron chi connectivity index (χ4n) is 1.38. The molecule has 1 aromatic rings. The van der Waals surface area contributed by atoms with Crippen molar-refractivity contribution in [2.45, 2.75) is 18.2 Å². The van der Waals surface area contributed by atoms with Gasteiger partial charge in [0.25, 0.3) is 0 Å². The van der Waals surface area contributed by atoms with Crippen LogP contribution in [0.5, 0.6) is 0 Å². The van der Waals surface area contributed by atoms with Gasteiger partial charge in [0.1, 0.15) is 0 Å². The van der Waals surface area contributed by atoms with E-state index in [0.29, 0.717) is 0 Å². The molecule has 86 valence electrons. The van der Waals surface area contributed by atoms with Gasteiger partial charge in [0, 0.05) is 6.42 Å². The lowest BCUT2D eigenvalue weighted by Gasteiger charge is -2.20. The highest BCUT2D eigenvalue weighted by Crippen LogP contribution is 2.24. The standard InChI is InChI=1S/C12H13ClO3/c1-9(14)12(13,11(15)16-2)8-10-6-4-3-5-7-10/h3-7H,8H2,1-2H3/t12-/m0/s1. The second-order valence-electron chi connectivity index (χ2n) is 3.51. The number of carbonyl (C=O) groups excluding carboxylic acids is 2. The number of Topliss-reactive ketones (excluding diaryl/α,β-unsaturated/α-hetero) is 1. The van der Waals surface area contributed by atoms with Crippen LogP contribution in [0.3, 0.4) is 0 Å². The summed E-state index contributed by atoms with van der Waals surface area (Å²) in [7, 11) is 1.22. The second-order valence-corrected chi connectivity index (χ2v) is 4.16. The molecule has 0 unspecified atom stereocenters. The van der Waals surface area contributed by atoms with Crippen LogP contribution in [-0.4, -0.2) is 23.7 Å². The number of benzene rings is 1. The molecule has 1 rings (SSSR count). The number of ketones is 1. The number of halogens is 1. The van der Waals surface area contributed by atoms with E-state index >= 15 is 0 Å². The Morgan fingerprint density at radius 1 is 1.31 bits per heavy atom. The molecule has 4 heteroatoms. The third kappa shape index (κ3) is 2.61. The van der Waals surface area contributed by atoms with Crippen LogP contribution in [-0.2, 0) is 20.7 Å². The first-order chi connectivity index (χ1) is 7.50. The van der Waals surface area contributed by atoms with E-state index in [1.807, 2.05) is 30.3 Å². The van der Waals surface area contributed by atoms with Crippen molar-refractivity contribution in [2.75, 3.05) is 7.11 Å². The van der Waals surface area contributed by atoms with Crippen LogP contribution >= 0.6 is 11.6 Å². The number of carbonyl (C=O) groups is 2. The van der Waals surface area contributed by atoms with Gasteiger partial charge in [-0.2, -0.15) is 0 Å². The van der Waals surface area contributed by atoms with Gasteiger partial charge in [-0.15, -0.1) is 0 Å². The van der Waals surface area contributed by atoms with Crippen LogP contribution in [0.15, 0.2) is 30.3 Å². The number of esters is 1. The lowest BCUT2D eigenvalue weighted by atomic mass is 9.95. The summed E-state index contributed by atoms with van der Waals surface area (Å²) in [6.45, 7) is 1.28. The number of rotatable bonds is 4. The molecule has 0 spiro atoms. The summed E-state index contributed by atoms with van der Waals surface area (Å²) >= 11 is 6.04. The molecule has 0 bridgehead atoms. The molecule has 0 aliphatic heterocycles. The number of ether oxygens (including phenoxy) is 1. The zero-order valence-electron chi connectivity index (χ0n) is 9.20. The fraction of sp³-hybridized carbons (Fsp3) is 0.333. The minimum atomic E-state index is -1.61. The number of methoxy groups -OCH3 is 1. The molecular formula is C12H13ClO3. The molecule has 16 heavy (non-hydrogen) atoms. The molecule has 0 aliphatic carbocycles. The Balaban J connectivity index is 2.97. The van der Waals surface area contributed by atoms with Gasteiger partial charge in [-0.3, -0.25) is 4.79 Å². The lowest BCUT2D eigenvalue weighted by molar-refractivity contribution is -0.147. The van der Waals surface area contributed by atoms with Crippen LogP contribution in [0.1, 0.15) is 12.5 Å². The average molecular weight is 241 g/mol. The van der Waals surface area contributed by atoms with Crippen molar-refractivity contribution in [3.63, 3.8) is 0 Å². The first-order valence-corrected chi connectivity index (χ1v) is 5.21. The van der Waals surface area contributed by atoms with Gasteiger partial charge in [-0.05, 0) is 12.5 Å². The minimum absolute atomic E-state index is 0.136. The summed E-state index contributed by atoms with van der Waals surface area (Å²) in [5, 5.41) is 0. The number of hydrogen-bond donors (Lipinski definition) is 0. The summed E-state index contributed by atoms with van der Waals surface area (Å²) in [6.07, 6.45) is 0.136. The summed E-state index contributed by atoms with van der Waals surface area (Å²) in [5.74, 6) is -1.13. The van der Waals surface area contributed by atoms with Crippen LogP contribution in [0.4, 0.5) is 0 Å². The van der Waals surface area contributed by atoms with Crippen molar-refractivity contribution < 1.29 is 14.3 Å². The molecule has 0 aliphatic rings. The molecule has 0 N–H and O–H groups in total. The summed E-state index contributed by atoms with van der Waals surface area (Å²) in [6, 6.07) is 9.12. The van der Waals surface area contributed by atoms with E-state index in [2.05, 4.69) is 4.74 Å². The van der Waals surface area contributed by atoms with Crippen LogP contribution < -0.4 is 0 Å². The average Bonchev–Trinajstić information content (AvgIpc) is 2.28. The van der Waals surface area contributed by atoms with E-state index in [1.54, 1.807) is 0 Å². The SMILES string of the molecule is COC(=O)[C@](Cl)(Cc1ccccc1)C(C)=O. The monoisotopic (exact) mass is 240 g/mol. The maximum atomic E-state index is 11.5. The van der Waals surface area contributed by atoms with Crippen molar-refractivity contribution in [3.8, 4) is 0 Å². The van der Waals surface area contributed by atoms with Crippen LogP contribution in [0, 0.1) is 0 Å². The molecule has 3 nitrogen and oxygen atoms in total. The maximum absolute atomic E-state index is 11.5. The smallest absolute Gasteiger partial charge is 0.334 e. The molecule has 0 heterocycles. The summed E-state index contributed by atoms with van der Waals surface area (Å²) < 4.78 is 4.56. The van der Waals surface area contributed by atoms with Crippen LogP contribution in [0.25, 0.3) is 0 Å². The topological polar surface area (TPSA) is 43.4 Å². The van der Waals surface area contributed by atoms with Gasteiger partial charge in [0.15, 0.2) is 5.78 Å². The number of alkyl halides is 1. The van der Waals surface area contributed by atoms with E-state index in [9.17, 15) is 9.59 Å². The Morgan fingerprint density at radius 3 is 2.31 bits per heavy atom. The van der Waals surface area contributed by atoms with Gasteiger partial charge < -0.3 is 4.74 Å². The molecule has 0 saturated carbocycles. The molecule has 1 aromatic carbocycles. The predicted molar refractivity (Wildman–Crippen MR) is 61.4 cm³/mol. The highest BCUT2D eigenvalue weighted by molar-refractivity contribution is 6.45. The molecule has 0 radical (unpaired) electrons. The Hall–Kier alpha value is -1.35. The minimum Gasteiger partial charge on any atom is -0.467 e. The number of hydrogen-bond acceptors (Lipinski definition) is 3. The zero-order chi connectivity index (χ0) is 12.2. The van der Waals surface area contributed by atoms with E-state index in [0.717, 1.165) is 5.56 Å². The van der Waals surface area contributed by atoms with E-state index < -0.39 is 16.6 Å².